The Bertz CT molecular complexity index is 268. The molecular formula is C12H23N3OS. The van der Waals surface area contributed by atoms with E-state index in [4.69, 9.17) is 5.73 Å². The number of carbonyl (C=O) groups excluding carboxylic acids is 1. The van der Waals surface area contributed by atoms with Gasteiger partial charge < -0.3 is 15.5 Å². The number of nitrogens with two attached hydrogens (primary N) is 1. The van der Waals surface area contributed by atoms with E-state index in [2.05, 4.69) is 11.9 Å². The van der Waals surface area contributed by atoms with Gasteiger partial charge in [0.05, 0.1) is 11.3 Å². The van der Waals surface area contributed by atoms with Gasteiger partial charge in [-0.3, -0.25) is 4.79 Å². The van der Waals surface area contributed by atoms with Crippen LogP contribution >= 0.6 is 11.8 Å². The normalized spacial score (nSPS) is 31.5. The summed E-state index contributed by atoms with van der Waals surface area (Å²) >= 11 is 1.83. The van der Waals surface area contributed by atoms with Crippen LogP contribution in [0.2, 0.25) is 0 Å². The van der Waals surface area contributed by atoms with E-state index < -0.39 is 0 Å². The van der Waals surface area contributed by atoms with Crippen molar-refractivity contribution in [3.05, 3.63) is 0 Å². The maximum atomic E-state index is 12.5. The second-order valence-corrected chi connectivity index (χ2v) is 6.35. The molecule has 17 heavy (non-hydrogen) atoms. The average Bonchev–Trinajstić information content (AvgIpc) is 2.39. The summed E-state index contributed by atoms with van der Waals surface area (Å²) in [7, 11) is 2.10. The van der Waals surface area contributed by atoms with E-state index in [1.807, 2.05) is 16.7 Å². The van der Waals surface area contributed by atoms with Crippen LogP contribution in [0.5, 0.6) is 0 Å². The van der Waals surface area contributed by atoms with Crippen molar-refractivity contribution in [1.82, 2.24) is 9.80 Å². The molecule has 5 heteroatoms. The minimum Gasteiger partial charge on any atom is -0.335 e. The quantitative estimate of drug-likeness (QED) is 0.777. The lowest BCUT2D eigenvalue weighted by atomic mass is 10.1. The lowest BCUT2D eigenvalue weighted by Crippen LogP contribution is -2.58. The molecule has 2 rings (SSSR count). The molecule has 0 spiro atoms. The first kappa shape index (κ1) is 13.2. The van der Waals surface area contributed by atoms with Crippen LogP contribution in [0.4, 0.5) is 0 Å². The number of carbonyl (C=O) groups is 1. The lowest BCUT2D eigenvalue weighted by Gasteiger charge is -2.41. The molecule has 0 saturated carbocycles. The summed E-state index contributed by atoms with van der Waals surface area (Å²) in [6.07, 6.45) is 3.51. The van der Waals surface area contributed by atoms with Crippen LogP contribution in [-0.2, 0) is 4.79 Å². The first-order chi connectivity index (χ1) is 8.22. The van der Waals surface area contributed by atoms with Gasteiger partial charge in [-0.05, 0) is 25.6 Å². The first-order valence-corrected chi connectivity index (χ1v) is 7.58. The van der Waals surface area contributed by atoms with Gasteiger partial charge in [-0.25, -0.2) is 0 Å². The Balaban J connectivity index is 1.96. The third-order valence-corrected chi connectivity index (χ3v) is 5.06. The zero-order chi connectivity index (χ0) is 12.3. The SMILES string of the molecule is CN1CCN(C(=O)C2CCCCS2)C(CN)C1. The Morgan fingerprint density at radius 2 is 2.24 bits per heavy atom. The minimum absolute atomic E-state index is 0.196. The van der Waals surface area contributed by atoms with E-state index in [1.54, 1.807) is 0 Å². The third-order valence-electron chi connectivity index (χ3n) is 3.70. The Labute approximate surface area is 108 Å². The summed E-state index contributed by atoms with van der Waals surface area (Å²) in [6, 6.07) is 0.212. The number of hydrogen-bond donors (Lipinski definition) is 1. The van der Waals surface area contributed by atoms with Crippen molar-refractivity contribution in [3.8, 4) is 0 Å². The maximum absolute atomic E-state index is 12.5. The van der Waals surface area contributed by atoms with Crippen LogP contribution in [0.15, 0.2) is 0 Å². The van der Waals surface area contributed by atoms with E-state index in [9.17, 15) is 4.79 Å². The number of hydrogen-bond acceptors (Lipinski definition) is 4. The number of piperazine rings is 1. The Kier molecular flexibility index (Phi) is 4.70. The van der Waals surface area contributed by atoms with Gasteiger partial charge >= 0.3 is 0 Å². The van der Waals surface area contributed by atoms with E-state index in [0.29, 0.717) is 12.5 Å². The topological polar surface area (TPSA) is 49.6 Å². The van der Waals surface area contributed by atoms with Gasteiger partial charge in [0.2, 0.25) is 5.91 Å². The van der Waals surface area contributed by atoms with Crippen molar-refractivity contribution in [2.45, 2.75) is 30.6 Å². The summed E-state index contributed by atoms with van der Waals surface area (Å²) < 4.78 is 0. The summed E-state index contributed by atoms with van der Waals surface area (Å²) in [5, 5.41) is 0.196. The third kappa shape index (κ3) is 3.14. The number of likely N-dealkylation sites (N-methyl/N-ethyl adjacent to an activating group) is 1. The van der Waals surface area contributed by atoms with Gasteiger partial charge in [-0.1, -0.05) is 6.42 Å². The van der Waals surface area contributed by atoms with Crippen molar-refractivity contribution in [2.75, 3.05) is 39.0 Å². The van der Waals surface area contributed by atoms with Gasteiger partial charge in [-0.15, -0.1) is 11.8 Å². The van der Waals surface area contributed by atoms with Gasteiger partial charge in [0.1, 0.15) is 0 Å². The number of nitrogens with zero attached hydrogens (tertiary/aromatic N) is 2. The maximum Gasteiger partial charge on any atom is 0.236 e. The molecule has 2 atom stereocenters. The van der Waals surface area contributed by atoms with Crippen molar-refractivity contribution in [1.29, 1.82) is 0 Å². The van der Waals surface area contributed by atoms with Gasteiger partial charge in [0, 0.05) is 26.2 Å². The Morgan fingerprint density at radius 1 is 1.41 bits per heavy atom. The molecule has 2 heterocycles. The molecule has 2 aliphatic heterocycles. The molecule has 2 N–H and O–H groups in total. The molecule has 1 amide bonds. The zero-order valence-electron chi connectivity index (χ0n) is 10.6. The molecule has 0 radical (unpaired) electrons. The fourth-order valence-electron chi connectivity index (χ4n) is 2.62. The highest BCUT2D eigenvalue weighted by atomic mass is 32.2. The summed E-state index contributed by atoms with van der Waals surface area (Å²) in [4.78, 5) is 16.8. The van der Waals surface area contributed by atoms with Crippen LogP contribution in [0.3, 0.4) is 0 Å². The number of thioether (sulfide) groups is 1. The van der Waals surface area contributed by atoms with Crippen LogP contribution < -0.4 is 5.73 Å². The van der Waals surface area contributed by atoms with Crippen LogP contribution in [-0.4, -0.2) is 66.0 Å². The molecule has 0 aromatic carbocycles. The second kappa shape index (κ2) is 6.07. The summed E-state index contributed by atoms with van der Waals surface area (Å²) in [6.45, 7) is 3.31. The monoisotopic (exact) mass is 257 g/mol. The summed E-state index contributed by atoms with van der Waals surface area (Å²) in [5.74, 6) is 1.47. The largest absolute Gasteiger partial charge is 0.335 e. The fraction of sp³-hybridized carbons (Fsp3) is 0.917. The molecular weight excluding hydrogens is 234 g/mol. The Hall–Kier alpha value is -0.260. The van der Waals surface area contributed by atoms with E-state index in [1.165, 1.54) is 12.8 Å². The molecule has 98 valence electrons. The van der Waals surface area contributed by atoms with Crippen LogP contribution in [0, 0.1) is 0 Å². The van der Waals surface area contributed by atoms with Gasteiger partial charge in [0.25, 0.3) is 0 Å². The van der Waals surface area contributed by atoms with Gasteiger partial charge in [0.15, 0.2) is 0 Å². The zero-order valence-corrected chi connectivity index (χ0v) is 11.4. The molecule has 2 saturated heterocycles. The molecule has 0 aromatic rings. The van der Waals surface area contributed by atoms with Crippen LogP contribution in [0.1, 0.15) is 19.3 Å². The standard InChI is InChI=1S/C12H23N3OS/c1-14-5-6-15(10(8-13)9-14)12(16)11-4-2-3-7-17-11/h10-11H,2-9,13H2,1H3. The highest BCUT2D eigenvalue weighted by molar-refractivity contribution is 8.00. The molecule has 2 aliphatic rings. The van der Waals surface area contributed by atoms with E-state index in [0.717, 1.165) is 31.8 Å². The van der Waals surface area contributed by atoms with Gasteiger partial charge in [-0.2, -0.15) is 0 Å². The predicted octanol–water partition coefficient (Wildman–Crippen LogP) is 0.373. The second-order valence-electron chi connectivity index (χ2n) is 5.04. The summed E-state index contributed by atoms with van der Waals surface area (Å²) in [5.41, 5.74) is 5.80. The average molecular weight is 257 g/mol. The smallest absolute Gasteiger partial charge is 0.236 e. The fourth-order valence-corrected chi connectivity index (χ4v) is 3.89. The lowest BCUT2D eigenvalue weighted by molar-refractivity contribution is -0.135. The van der Waals surface area contributed by atoms with E-state index >= 15 is 0 Å². The Morgan fingerprint density at radius 3 is 2.88 bits per heavy atom. The minimum atomic E-state index is 0.196. The highest BCUT2D eigenvalue weighted by Gasteiger charge is 2.33. The number of rotatable bonds is 2. The molecule has 2 unspecified atom stereocenters. The van der Waals surface area contributed by atoms with Crippen molar-refractivity contribution in [2.24, 2.45) is 5.73 Å². The van der Waals surface area contributed by atoms with E-state index in [-0.39, 0.29) is 11.3 Å². The number of amides is 1. The molecule has 2 fully saturated rings. The van der Waals surface area contributed by atoms with Crippen molar-refractivity contribution >= 4 is 17.7 Å². The predicted molar refractivity (Wildman–Crippen MR) is 72.1 cm³/mol. The highest BCUT2D eigenvalue weighted by Crippen LogP contribution is 2.27. The molecule has 0 aromatic heterocycles. The molecule has 0 bridgehead atoms. The first-order valence-electron chi connectivity index (χ1n) is 6.53. The molecule has 4 nitrogen and oxygen atoms in total. The van der Waals surface area contributed by atoms with Crippen LogP contribution in [0.25, 0.3) is 0 Å². The van der Waals surface area contributed by atoms with Crippen molar-refractivity contribution < 1.29 is 4.79 Å². The molecule has 0 aliphatic carbocycles. The van der Waals surface area contributed by atoms with Crippen molar-refractivity contribution in [3.63, 3.8) is 0 Å².